The summed E-state index contributed by atoms with van der Waals surface area (Å²) < 4.78 is 5.23. The third-order valence-corrected chi connectivity index (χ3v) is 5.38. The zero-order valence-electron chi connectivity index (χ0n) is 17.2. The van der Waals surface area contributed by atoms with Crippen LogP contribution in [0.15, 0.2) is 84.6 Å². The van der Waals surface area contributed by atoms with Gasteiger partial charge in [0, 0.05) is 18.6 Å². The fourth-order valence-electron chi connectivity index (χ4n) is 3.68. The number of nitrogens with zero attached hydrogens (tertiary/aromatic N) is 2. The highest BCUT2D eigenvalue weighted by Gasteiger charge is 2.41. The number of rotatable bonds is 6. The second-order valence-electron chi connectivity index (χ2n) is 7.22. The van der Waals surface area contributed by atoms with Crippen molar-refractivity contribution >= 4 is 34.7 Å². The zero-order valence-corrected chi connectivity index (χ0v) is 18.0. The molecule has 2 amide bonds. The lowest BCUT2D eigenvalue weighted by Gasteiger charge is -2.21. The molecule has 0 radical (unpaired) electrons. The van der Waals surface area contributed by atoms with Crippen LogP contribution >= 0.6 is 11.6 Å². The van der Waals surface area contributed by atoms with Crippen LogP contribution in [0.25, 0.3) is 5.57 Å². The highest BCUT2D eigenvalue weighted by atomic mass is 35.5. The summed E-state index contributed by atoms with van der Waals surface area (Å²) in [4.78, 5) is 30.0. The number of anilines is 1. The van der Waals surface area contributed by atoms with E-state index in [-0.39, 0.29) is 11.8 Å². The van der Waals surface area contributed by atoms with E-state index in [1.54, 1.807) is 55.6 Å². The maximum Gasteiger partial charge on any atom is 0.282 e. The van der Waals surface area contributed by atoms with Gasteiger partial charge in [0.2, 0.25) is 0 Å². The molecule has 6 heteroatoms. The van der Waals surface area contributed by atoms with Crippen LogP contribution in [-0.4, -0.2) is 30.9 Å². The number of benzene rings is 3. The number of halogens is 1. The Kier molecular flexibility index (Phi) is 5.78. The minimum absolute atomic E-state index is 0.346. The topological polar surface area (TPSA) is 49.9 Å². The number of likely N-dealkylation sites (N-methyl/N-ethyl adjacent to an activating group) is 1. The Morgan fingerprint density at radius 3 is 2.26 bits per heavy atom. The highest BCUT2D eigenvalue weighted by molar-refractivity contribution is 6.45. The normalized spacial score (nSPS) is 13.7. The minimum Gasteiger partial charge on any atom is -0.497 e. The zero-order chi connectivity index (χ0) is 22.0. The average molecular weight is 433 g/mol. The van der Waals surface area contributed by atoms with E-state index in [4.69, 9.17) is 16.3 Å². The fourth-order valence-corrected chi connectivity index (χ4v) is 3.86. The van der Waals surface area contributed by atoms with Crippen molar-refractivity contribution in [1.29, 1.82) is 0 Å². The number of carbonyl (C=O) groups is 2. The third kappa shape index (κ3) is 4.05. The third-order valence-electron chi connectivity index (χ3n) is 5.15. The molecule has 5 nitrogen and oxygen atoms in total. The molecule has 0 saturated carbocycles. The first kappa shape index (κ1) is 20.7. The van der Waals surface area contributed by atoms with E-state index < -0.39 is 0 Å². The van der Waals surface area contributed by atoms with Gasteiger partial charge in [-0.15, -0.1) is 0 Å². The van der Waals surface area contributed by atoms with Gasteiger partial charge in [0.1, 0.15) is 11.4 Å². The number of ether oxygens (including phenoxy) is 1. The van der Waals surface area contributed by atoms with Gasteiger partial charge in [-0.1, -0.05) is 60.1 Å². The van der Waals surface area contributed by atoms with Crippen molar-refractivity contribution in [3.05, 3.63) is 101 Å². The van der Waals surface area contributed by atoms with Gasteiger partial charge in [-0.3, -0.25) is 9.59 Å². The van der Waals surface area contributed by atoms with E-state index in [1.807, 2.05) is 42.3 Å². The number of hydrogen-bond acceptors (Lipinski definition) is 4. The molecule has 1 heterocycles. The largest absolute Gasteiger partial charge is 0.497 e. The van der Waals surface area contributed by atoms with E-state index >= 15 is 0 Å². The Labute approximate surface area is 186 Å². The van der Waals surface area contributed by atoms with Crippen molar-refractivity contribution in [2.75, 3.05) is 19.1 Å². The molecule has 0 saturated heterocycles. The van der Waals surface area contributed by atoms with Crippen LogP contribution < -0.4 is 9.64 Å². The molecular weight excluding hydrogens is 412 g/mol. The molecule has 156 valence electrons. The van der Waals surface area contributed by atoms with Crippen molar-refractivity contribution in [2.24, 2.45) is 0 Å². The summed E-state index contributed by atoms with van der Waals surface area (Å²) in [5, 5.41) is 0.454. The summed E-state index contributed by atoms with van der Waals surface area (Å²) in [6.07, 6.45) is 0. The van der Waals surface area contributed by atoms with E-state index in [2.05, 4.69) is 0 Å². The molecule has 4 rings (SSSR count). The van der Waals surface area contributed by atoms with E-state index in [0.29, 0.717) is 39.8 Å². The van der Waals surface area contributed by atoms with Gasteiger partial charge < -0.3 is 9.64 Å². The van der Waals surface area contributed by atoms with Gasteiger partial charge in [0.15, 0.2) is 0 Å². The van der Waals surface area contributed by atoms with Gasteiger partial charge >= 0.3 is 0 Å². The standard InChI is InChI=1S/C25H21ClN2O3/c1-27(16-17-7-4-3-5-8-17)23-22(18-11-13-21(31-2)14-12-18)24(29)28(25(23)30)20-10-6-9-19(26)15-20/h3-15H,16H2,1-2H3. The van der Waals surface area contributed by atoms with Gasteiger partial charge in [-0.05, 0) is 41.5 Å². The molecule has 31 heavy (non-hydrogen) atoms. The second kappa shape index (κ2) is 8.66. The Bertz CT molecular complexity index is 1160. The van der Waals surface area contributed by atoms with Crippen LogP contribution in [0.3, 0.4) is 0 Å². The monoisotopic (exact) mass is 432 g/mol. The molecule has 1 aliphatic heterocycles. The summed E-state index contributed by atoms with van der Waals surface area (Å²) >= 11 is 6.12. The fraction of sp³-hybridized carbons (Fsp3) is 0.120. The molecule has 0 aliphatic carbocycles. The lowest BCUT2D eigenvalue weighted by molar-refractivity contribution is -0.120. The van der Waals surface area contributed by atoms with Crippen LogP contribution in [-0.2, 0) is 16.1 Å². The minimum atomic E-state index is -0.382. The van der Waals surface area contributed by atoms with Crippen molar-refractivity contribution in [1.82, 2.24) is 4.90 Å². The van der Waals surface area contributed by atoms with Crippen molar-refractivity contribution in [2.45, 2.75) is 6.54 Å². The first-order valence-electron chi connectivity index (χ1n) is 9.77. The summed E-state index contributed by atoms with van der Waals surface area (Å²) in [5.41, 5.74) is 2.83. The molecule has 3 aromatic rings. The maximum absolute atomic E-state index is 13.5. The molecule has 0 N–H and O–H groups in total. The quantitative estimate of drug-likeness (QED) is 0.527. The molecule has 0 atom stereocenters. The number of carbonyl (C=O) groups excluding carboxylic acids is 2. The first-order valence-corrected chi connectivity index (χ1v) is 10.2. The lowest BCUT2D eigenvalue weighted by atomic mass is 10.0. The summed E-state index contributed by atoms with van der Waals surface area (Å²) in [7, 11) is 3.40. The smallest absolute Gasteiger partial charge is 0.282 e. The van der Waals surface area contributed by atoms with Crippen molar-refractivity contribution in [3.63, 3.8) is 0 Å². The molecule has 0 spiro atoms. The Hall–Kier alpha value is -3.57. The van der Waals surface area contributed by atoms with Crippen LogP contribution in [0.2, 0.25) is 5.02 Å². The molecule has 1 aliphatic rings. The highest BCUT2D eigenvalue weighted by Crippen LogP contribution is 2.36. The Morgan fingerprint density at radius 2 is 1.61 bits per heavy atom. The Balaban J connectivity index is 1.80. The number of methoxy groups -OCH3 is 1. The number of hydrogen-bond donors (Lipinski definition) is 0. The van der Waals surface area contributed by atoms with Crippen LogP contribution in [0, 0.1) is 0 Å². The summed E-state index contributed by atoms with van der Waals surface area (Å²) in [6, 6.07) is 23.7. The molecular formula is C25H21ClN2O3. The molecule has 0 fully saturated rings. The molecule has 0 aromatic heterocycles. The van der Waals surface area contributed by atoms with Gasteiger partial charge in [0.05, 0.1) is 18.4 Å². The SMILES string of the molecule is COc1ccc(C2=C(N(C)Cc3ccccc3)C(=O)N(c3cccc(Cl)c3)C2=O)cc1. The lowest BCUT2D eigenvalue weighted by Crippen LogP contribution is -2.34. The van der Waals surface area contributed by atoms with E-state index in [1.165, 1.54) is 4.90 Å². The van der Waals surface area contributed by atoms with Crippen molar-refractivity contribution in [3.8, 4) is 5.75 Å². The number of amides is 2. The maximum atomic E-state index is 13.5. The van der Waals surface area contributed by atoms with E-state index in [9.17, 15) is 9.59 Å². The van der Waals surface area contributed by atoms with Gasteiger partial charge in [-0.2, -0.15) is 0 Å². The van der Waals surface area contributed by atoms with Crippen LogP contribution in [0.1, 0.15) is 11.1 Å². The van der Waals surface area contributed by atoms with Gasteiger partial charge in [-0.25, -0.2) is 4.90 Å². The predicted octanol–water partition coefficient (Wildman–Crippen LogP) is 4.77. The molecule has 0 unspecified atom stereocenters. The first-order chi connectivity index (χ1) is 15.0. The molecule has 3 aromatic carbocycles. The second-order valence-corrected chi connectivity index (χ2v) is 7.66. The number of imide groups is 1. The van der Waals surface area contributed by atoms with Crippen LogP contribution in [0.5, 0.6) is 5.75 Å². The van der Waals surface area contributed by atoms with E-state index in [0.717, 1.165) is 5.56 Å². The molecule has 0 bridgehead atoms. The van der Waals surface area contributed by atoms with Gasteiger partial charge in [0.25, 0.3) is 11.8 Å². The Morgan fingerprint density at radius 1 is 0.903 bits per heavy atom. The average Bonchev–Trinajstić information content (AvgIpc) is 3.04. The predicted molar refractivity (Wildman–Crippen MR) is 122 cm³/mol. The summed E-state index contributed by atoms with van der Waals surface area (Å²) in [5.74, 6) is -0.0872. The van der Waals surface area contributed by atoms with Crippen LogP contribution in [0.4, 0.5) is 5.69 Å². The van der Waals surface area contributed by atoms with Crippen molar-refractivity contribution < 1.29 is 14.3 Å². The summed E-state index contributed by atoms with van der Waals surface area (Å²) in [6.45, 7) is 0.484.